The van der Waals surface area contributed by atoms with Gasteiger partial charge in [-0.2, -0.15) is 0 Å². The van der Waals surface area contributed by atoms with E-state index in [0.717, 1.165) is 44.4 Å². The van der Waals surface area contributed by atoms with Crippen LogP contribution in [0.15, 0.2) is 174 Å². The molecule has 3 heteroatoms. The molecule has 0 bridgehead atoms. The highest BCUT2D eigenvalue weighted by atomic mass is 32.1. The molecule has 1 saturated carbocycles. The largest absolute Gasteiger partial charge is 0.455 e. The Kier molecular flexibility index (Phi) is 7.81. The second-order valence-corrected chi connectivity index (χ2v) is 16.1. The number of hydrogen-bond donors (Lipinski definition) is 0. The summed E-state index contributed by atoms with van der Waals surface area (Å²) in [6, 6.07) is 62.1. The van der Waals surface area contributed by atoms with Gasteiger partial charge in [0.1, 0.15) is 11.2 Å². The molecule has 1 fully saturated rings. The maximum atomic E-state index is 6.45. The topological polar surface area (TPSA) is 16.4 Å². The van der Waals surface area contributed by atoms with Crippen LogP contribution in [0.5, 0.6) is 0 Å². The molecule has 2 nitrogen and oxygen atoms in total. The zero-order valence-corrected chi connectivity index (χ0v) is 31.4. The van der Waals surface area contributed by atoms with Crippen LogP contribution in [-0.2, 0) is 0 Å². The molecule has 0 N–H and O–H groups in total. The second kappa shape index (κ2) is 13.3. The minimum atomic E-state index is 0.649. The Labute approximate surface area is 324 Å². The molecule has 1 aliphatic rings. The Hall–Kier alpha value is -6.16. The van der Waals surface area contributed by atoms with Gasteiger partial charge in [0.25, 0.3) is 0 Å². The Balaban J connectivity index is 1.07. The number of hydrogen-bond acceptors (Lipinski definition) is 3. The van der Waals surface area contributed by atoms with Gasteiger partial charge in [0.2, 0.25) is 0 Å². The second-order valence-electron chi connectivity index (χ2n) is 15.1. The highest BCUT2D eigenvalue weighted by Crippen LogP contribution is 2.48. The molecule has 1 aliphatic carbocycles. The molecule has 0 atom stereocenters. The zero-order chi connectivity index (χ0) is 36.3. The maximum Gasteiger partial charge on any atom is 0.143 e. The summed E-state index contributed by atoms with van der Waals surface area (Å²) in [7, 11) is 0. The van der Waals surface area contributed by atoms with Crippen molar-refractivity contribution in [2.75, 3.05) is 4.90 Å². The Morgan fingerprint density at radius 3 is 1.84 bits per heavy atom. The van der Waals surface area contributed by atoms with Crippen LogP contribution in [0, 0.1) is 0 Å². The van der Waals surface area contributed by atoms with Crippen molar-refractivity contribution in [1.82, 2.24) is 0 Å². The first kappa shape index (κ1) is 32.3. The summed E-state index contributed by atoms with van der Waals surface area (Å²) in [5, 5.41) is 7.54. The quantitative estimate of drug-likeness (QED) is 0.170. The number of nitrogens with zero attached hydrogens (tertiary/aromatic N) is 1. The van der Waals surface area contributed by atoms with E-state index < -0.39 is 0 Å². The molecule has 0 spiro atoms. The smallest absolute Gasteiger partial charge is 0.143 e. The summed E-state index contributed by atoms with van der Waals surface area (Å²) in [6.45, 7) is 0. The first-order valence-electron chi connectivity index (χ1n) is 19.6. The molecule has 264 valence electrons. The van der Waals surface area contributed by atoms with Gasteiger partial charge in [0, 0.05) is 43.2 Å². The van der Waals surface area contributed by atoms with E-state index in [1.165, 1.54) is 79.9 Å². The van der Waals surface area contributed by atoms with Crippen LogP contribution < -0.4 is 4.90 Å². The first-order chi connectivity index (χ1) is 27.3. The standard InChI is InChI=1S/C52H39NOS/c1-2-12-35(13-3-1)43-20-10-22-46-47-23-11-24-48(52(47)55-51(43)46)53(38-30-26-36(27-31-38)41-18-8-15-34-14-4-5-16-40(34)41)39-32-28-37(29-33-39)42-19-9-21-45-44-17-6-7-25-49(44)54-50(42)45/h4-11,14-33,35H,1-3,12-13H2. The van der Waals surface area contributed by atoms with Crippen molar-refractivity contribution >= 4 is 81.3 Å². The van der Waals surface area contributed by atoms with Crippen LogP contribution in [0.1, 0.15) is 43.6 Å². The zero-order valence-electron chi connectivity index (χ0n) is 30.5. The molecule has 0 radical (unpaired) electrons. The predicted molar refractivity (Wildman–Crippen MR) is 235 cm³/mol. The highest BCUT2D eigenvalue weighted by molar-refractivity contribution is 7.26. The third-order valence-corrected chi connectivity index (χ3v) is 13.2. The van der Waals surface area contributed by atoms with Gasteiger partial charge in [-0.05, 0) is 88.2 Å². The summed E-state index contributed by atoms with van der Waals surface area (Å²) >= 11 is 1.98. The van der Waals surface area contributed by atoms with E-state index in [4.69, 9.17) is 4.42 Å². The summed E-state index contributed by atoms with van der Waals surface area (Å²) < 4.78 is 9.23. The number of fused-ring (bicyclic) bond motifs is 7. The Bertz CT molecular complexity index is 3010. The Morgan fingerprint density at radius 1 is 0.455 bits per heavy atom. The first-order valence-corrected chi connectivity index (χ1v) is 20.4. The van der Waals surface area contributed by atoms with Gasteiger partial charge in [0.05, 0.1) is 10.4 Å². The molecule has 0 saturated heterocycles. The number of furan rings is 1. The fourth-order valence-electron chi connectivity index (χ4n) is 9.20. The predicted octanol–water partition coefficient (Wildman–Crippen LogP) is 16.0. The van der Waals surface area contributed by atoms with Crippen molar-refractivity contribution in [3.05, 3.63) is 175 Å². The van der Waals surface area contributed by atoms with Crippen LogP contribution in [0.3, 0.4) is 0 Å². The van der Waals surface area contributed by atoms with Gasteiger partial charge in [-0.3, -0.25) is 0 Å². The van der Waals surface area contributed by atoms with E-state index in [1.807, 2.05) is 17.4 Å². The fourth-order valence-corrected chi connectivity index (χ4v) is 10.6. The van der Waals surface area contributed by atoms with Crippen LogP contribution in [-0.4, -0.2) is 0 Å². The number of thiophene rings is 1. The van der Waals surface area contributed by atoms with E-state index in [2.05, 4.69) is 169 Å². The summed E-state index contributed by atoms with van der Waals surface area (Å²) in [5.74, 6) is 0.649. The van der Waals surface area contributed by atoms with E-state index in [0.29, 0.717) is 5.92 Å². The third-order valence-electron chi connectivity index (χ3n) is 11.9. The molecule has 2 heterocycles. The lowest BCUT2D eigenvalue weighted by Gasteiger charge is -2.26. The minimum absolute atomic E-state index is 0.649. The van der Waals surface area contributed by atoms with Crippen molar-refractivity contribution < 1.29 is 4.42 Å². The molecule has 2 aromatic heterocycles. The molecule has 0 amide bonds. The minimum Gasteiger partial charge on any atom is -0.455 e. The van der Waals surface area contributed by atoms with Gasteiger partial charge < -0.3 is 9.32 Å². The number of para-hydroxylation sites is 2. The average Bonchev–Trinajstić information content (AvgIpc) is 3.84. The lowest BCUT2D eigenvalue weighted by molar-refractivity contribution is 0.446. The van der Waals surface area contributed by atoms with E-state index in [9.17, 15) is 0 Å². The molecular weight excluding hydrogens is 687 g/mol. The van der Waals surface area contributed by atoms with Gasteiger partial charge in [-0.15, -0.1) is 11.3 Å². The summed E-state index contributed by atoms with van der Waals surface area (Å²) in [4.78, 5) is 2.45. The maximum absolute atomic E-state index is 6.45. The highest BCUT2D eigenvalue weighted by Gasteiger charge is 2.23. The van der Waals surface area contributed by atoms with Crippen molar-refractivity contribution in [3.63, 3.8) is 0 Å². The van der Waals surface area contributed by atoms with Gasteiger partial charge in [-0.1, -0.05) is 153 Å². The van der Waals surface area contributed by atoms with Gasteiger partial charge in [-0.25, -0.2) is 0 Å². The van der Waals surface area contributed by atoms with Crippen LogP contribution >= 0.6 is 11.3 Å². The number of benzene rings is 8. The molecule has 10 aromatic rings. The van der Waals surface area contributed by atoms with Gasteiger partial charge in [0.15, 0.2) is 0 Å². The van der Waals surface area contributed by atoms with Crippen molar-refractivity contribution in [3.8, 4) is 22.3 Å². The van der Waals surface area contributed by atoms with E-state index in [-0.39, 0.29) is 0 Å². The van der Waals surface area contributed by atoms with Gasteiger partial charge >= 0.3 is 0 Å². The van der Waals surface area contributed by atoms with Crippen LogP contribution in [0.4, 0.5) is 17.1 Å². The molecule has 11 rings (SSSR count). The monoisotopic (exact) mass is 725 g/mol. The number of anilines is 3. The third kappa shape index (κ3) is 5.45. The fraction of sp³-hybridized carbons (Fsp3) is 0.115. The molecular formula is C52H39NOS. The van der Waals surface area contributed by atoms with E-state index in [1.54, 1.807) is 5.56 Å². The van der Waals surface area contributed by atoms with Crippen molar-refractivity contribution in [2.24, 2.45) is 0 Å². The lowest BCUT2D eigenvalue weighted by Crippen LogP contribution is -2.10. The van der Waals surface area contributed by atoms with E-state index >= 15 is 0 Å². The molecule has 0 aliphatic heterocycles. The van der Waals surface area contributed by atoms with Crippen molar-refractivity contribution in [2.45, 2.75) is 38.0 Å². The van der Waals surface area contributed by atoms with Crippen LogP contribution in [0.25, 0.3) is 75.1 Å². The number of rotatable bonds is 6. The SMILES string of the molecule is c1ccc2c(-c3ccc(N(c4ccc(-c5cccc6c5oc5ccccc56)cc4)c4cccc5c4sc4c(C6CCCCC6)cccc45)cc3)cccc2c1. The summed E-state index contributed by atoms with van der Waals surface area (Å²) in [5.41, 5.74) is 11.6. The van der Waals surface area contributed by atoms with Crippen LogP contribution in [0.2, 0.25) is 0 Å². The molecule has 8 aromatic carbocycles. The average molecular weight is 726 g/mol. The molecule has 0 unspecified atom stereocenters. The Morgan fingerprint density at radius 2 is 1.04 bits per heavy atom. The van der Waals surface area contributed by atoms with Crippen molar-refractivity contribution in [1.29, 1.82) is 0 Å². The normalized spacial score (nSPS) is 13.7. The molecule has 55 heavy (non-hydrogen) atoms. The summed E-state index contributed by atoms with van der Waals surface area (Å²) in [6.07, 6.45) is 6.62. The lowest BCUT2D eigenvalue weighted by atomic mass is 9.84.